The second-order valence-corrected chi connectivity index (χ2v) is 3.23. The molecule has 0 aromatic rings. The van der Waals surface area contributed by atoms with Crippen molar-refractivity contribution in [2.45, 2.75) is 38.5 Å². The summed E-state index contributed by atoms with van der Waals surface area (Å²) in [5.74, 6) is 0. The monoisotopic (exact) mass is 206 g/mol. The molecule has 1 rings (SSSR count). The molecule has 0 radical (unpaired) electrons. The van der Waals surface area contributed by atoms with Crippen molar-refractivity contribution in [1.82, 2.24) is 0 Å². The molecule has 15 heavy (non-hydrogen) atoms. The first kappa shape index (κ1) is 13.4. The molecular formula is C12H18N2O. The van der Waals surface area contributed by atoms with Crippen molar-refractivity contribution in [2.24, 2.45) is 0 Å². The van der Waals surface area contributed by atoms with E-state index in [1.807, 2.05) is 0 Å². The van der Waals surface area contributed by atoms with E-state index in [4.69, 9.17) is 10.6 Å². The molecule has 0 atom stereocenters. The lowest BCUT2D eigenvalue weighted by Gasteiger charge is -1.92. The highest BCUT2D eigenvalue weighted by molar-refractivity contribution is 4.93. The molecule has 0 amide bonds. The molecule has 0 aliphatic heterocycles. The van der Waals surface area contributed by atoms with E-state index in [-0.39, 0.29) is 0 Å². The van der Waals surface area contributed by atoms with Crippen LogP contribution in [0.3, 0.4) is 0 Å². The highest BCUT2D eigenvalue weighted by Gasteiger charge is 1.82. The van der Waals surface area contributed by atoms with E-state index in [0.717, 1.165) is 0 Å². The predicted octanol–water partition coefficient (Wildman–Crippen LogP) is 4.35. The summed E-state index contributed by atoms with van der Waals surface area (Å²) in [6.07, 6.45) is 21.0. The third-order valence-electron chi connectivity index (χ3n) is 2.00. The van der Waals surface area contributed by atoms with Gasteiger partial charge in [0, 0.05) is 0 Å². The Kier molecular flexibility index (Phi) is 11.1. The maximum Gasteiger partial charge on any atom is 0.237 e. The van der Waals surface area contributed by atoms with E-state index in [0.29, 0.717) is 0 Å². The molecule has 0 N–H and O–H groups in total. The number of hydrogen-bond acceptors (Lipinski definition) is 2. The third kappa shape index (κ3) is 12.4. The van der Waals surface area contributed by atoms with Crippen molar-refractivity contribution in [3.8, 4) is 0 Å². The highest BCUT2D eigenvalue weighted by atomic mass is 16.4. The number of nitrogens with zero attached hydrogens (tertiary/aromatic N) is 2. The quantitative estimate of drug-likeness (QED) is 0.336. The Morgan fingerprint density at radius 1 is 0.667 bits per heavy atom. The first-order chi connectivity index (χ1) is 7.41. The number of rotatable bonds is 0. The fraction of sp³-hybridized carbons (Fsp3) is 0.500. The van der Waals surface area contributed by atoms with Crippen LogP contribution >= 0.6 is 0 Å². The molecule has 82 valence electrons. The number of hydrogen-bond donors (Lipinski definition) is 0. The van der Waals surface area contributed by atoms with Crippen LogP contribution in [0.25, 0.3) is 5.14 Å². The van der Waals surface area contributed by atoms with Gasteiger partial charge >= 0.3 is 0 Å². The summed E-state index contributed by atoms with van der Waals surface area (Å²) in [6, 6.07) is 0. The summed E-state index contributed by atoms with van der Waals surface area (Å²) in [5, 5.41) is 16.0. The summed E-state index contributed by atoms with van der Waals surface area (Å²) in [5.41, 5.74) is 0. The molecule has 0 spiro atoms. The predicted molar refractivity (Wildman–Crippen MR) is 63.6 cm³/mol. The lowest BCUT2D eigenvalue weighted by atomic mass is 10.1. The van der Waals surface area contributed by atoms with Crippen LogP contribution in [-0.2, 0) is 0 Å². The maximum absolute atomic E-state index is 8.11. The van der Waals surface area contributed by atoms with Crippen LogP contribution in [0.5, 0.6) is 0 Å². The van der Waals surface area contributed by atoms with E-state index in [1.54, 1.807) is 0 Å². The van der Waals surface area contributed by atoms with E-state index in [1.165, 1.54) is 43.7 Å². The van der Waals surface area contributed by atoms with Crippen LogP contribution in [0.15, 0.2) is 36.5 Å². The molecule has 0 fully saturated rings. The molecule has 0 saturated carbocycles. The van der Waals surface area contributed by atoms with Crippen LogP contribution in [0.4, 0.5) is 0 Å². The van der Waals surface area contributed by atoms with Gasteiger partial charge in [-0.3, -0.25) is 0 Å². The van der Waals surface area contributed by atoms with Gasteiger partial charge < -0.3 is 5.21 Å². The Bertz CT molecular complexity index is 198. The lowest BCUT2D eigenvalue weighted by molar-refractivity contribution is 0.962. The van der Waals surface area contributed by atoms with Crippen LogP contribution < -0.4 is 0 Å². The lowest BCUT2D eigenvalue weighted by Crippen LogP contribution is -1.71. The molecule has 0 bridgehead atoms. The van der Waals surface area contributed by atoms with Gasteiger partial charge in [0.05, 0.1) is 0 Å². The van der Waals surface area contributed by atoms with Crippen LogP contribution in [0, 0.1) is 10.6 Å². The van der Waals surface area contributed by atoms with E-state index in [2.05, 4.69) is 36.5 Å². The van der Waals surface area contributed by atoms with Gasteiger partial charge in [0.15, 0.2) is 0 Å². The zero-order chi connectivity index (χ0) is 11.2. The van der Waals surface area contributed by atoms with Gasteiger partial charge in [0.25, 0.3) is 0 Å². The number of allylic oxidation sites excluding steroid dienone is 6. The van der Waals surface area contributed by atoms with Crippen molar-refractivity contribution in [2.75, 3.05) is 0 Å². The first-order valence-corrected chi connectivity index (χ1v) is 5.33. The average molecular weight is 206 g/mol. The van der Waals surface area contributed by atoms with Crippen molar-refractivity contribution in [1.29, 1.82) is 5.39 Å². The van der Waals surface area contributed by atoms with E-state index in [9.17, 15) is 0 Å². The average Bonchev–Trinajstić information content (AvgIpc) is 2.19. The van der Waals surface area contributed by atoms with Crippen LogP contribution in [0.1, 0.15) is 38.5 Å². The summed E-state index contributed by atoms with van der Waals surface area (Å²) in [4.78, 5) is 0. The van der Waals surface area contributed by atoms with Crippen molar-refractivity contribution in [3.63, 3.8) is 0 Å². The normalized spacial score (nSPS) is 18.6. The molecule has 1 aliphatic carbocycles. The Hall–Kier alpha value is -1.56. The highest BCUT2D eigenvalue weighted by Crippen LogP contribution is 2.02. The molecule has 3 heteroatoms. The van der Waals surface area contributed by atoms with E-state index < -0.39 is 0 Å². The van der Waals surface area contributed by atoms with Gasteiger partial charge in [0.1, 0.15) is 0 Å². The molecule has 1 aliphatic rings. The second-order valence-electron chi connectivity index (χ2n) is 3.23. The molecule has 3 nitrogen and oxygen atoms in total. The van der Waals surface area contributed by atoms with Gasteiger partial charge in [0.2, 0.25) is 10.5 Å². The smallest absolute Gasteiger partial charge is 0.237 e. The topological polar surface area (TPSA) is 51.2 Å². The second kappa shape index (κ2) is 12.4. The minimum Gasteiger partial charge on any atom is -0.463 e. The Morgan fingerprint density at radius 3 is 0.933 bits per heavy atom. The Labute approximate surface area is 91.4 Å². The summed E-state index contributed by atoms with van der Waals surface area (Å²) < 4.78 is 0. The largest absolute Gasteiger partial charge is 0.463 e. The fourth-order valence-electron chi connectivity index (χ4n) is 1.28. The zero-order valence-corrected chi connectivity index (χ0v) is 9.01. The van der Waals surface area contributed by atoms with Gasteiger partial charge in [-0.05, 0) is 38.5 Å². The number of diazo groups is 1. The van der Waals surface area contributed by atoms with Crippen molar-refractivity contribution >= 4 is 0 Å². The summed E-state index contributed by atoms with van der Waals surface area (Å²) >= 11 is 0. The maximum atomic E-state index is 8.11. The van der Waals surface area contributed by atoms with Crippen molar-refractivity contribution in [3.05, 3.63) is 46.8 Å². The minimum absolute atomic E-state index is 1.21. The van der Waals surface area contributed by atoms with Crippen LogP contribution in [-0.4, -0.2) is 0 Å². The minimum atomic E-state index is 1.21. The molecule has 0 unspecified atom stereocenters. The fourth-order valence-corrected chi connectivity index (χ4v) is 1.28. The Balaban J connectivity index is 0.000000583. The SMILES string of the molecule is C1=CCC/C=C/CCC=CCC1.N#[N+][O-]. The molecule has 0 aromatic heterocycles. The molecule has 0 aromatic carbocycles. The Morgan fingerprint density at radius 2 is 0.800 bits per heavy atom. The van der Waals surface area contributed by atoms with Gasteiger partial charge in [-0.2, -0.15) is 0 Å². The van der Waals surface area contributed by atoms with Crippen LogP contribution in [0.2, 0.25) is 0 Å². The first-order valence-electron chi connectivity index (χ1n) is 5.33. The molecule has 0 saturated heterocycles. The molecule has 0 heterocycles. The summed E-state index contributed by atoms with van der Waals surface area (Å²) in [7, 11) is 0. The van der Waals surface area contributed by atoms with Crippen molar-refractivity contribution < 1.29 is 0 Å². The standard InChI is InChI=1S/C12H18.N2O/c1-2-4-6-8-10-12-11-9-7-5-3-1;1-2-3/h1-2,7-10H,3-6,11-12H2;/b2-1+,9-7?,10-8?;. The van der Waals surface area contributed by atoms with Gasteiger partial charge in [-0.15, -0.1) is 0 Å². The third-order valence-corrected chi connectivity index (χ3v) is 2.00. The van der Waals surface area contributed by atoms with Gasteiger partial charge in [-0.1, -0.05) is 36.5 Å². The van der Waals surface area contributed by atoms with Gasteiger partial charge in [-0.25, -0.2) is 0 Å². The van der Waals surface area contributed by atoms with E-state index >= 15 is 0 Å². The summed E-state index contributed by atoms with van der Waals surface area (Å²) in [6.45, 7) is 0. The molecular weight excluding hydrogens is 188 g/mol. The zero-order valence-electron chi connectivity index (χ0n) is 9.01.